The van der Waals surface area contributed by atoms with Gasteiger partial charge in [-0.1, -0.05) is 0 Å². The van der Waals surface area contributed by atoms with Gasteiger partial charge in [0.25, 0.3) is 0 Å². The molecule has 0 amide bonds. The van der Waals surface area contributed by atoms with Crippen LogP contribution in [0.25, 0.3) is 0 Å². The van der Waals surface area contributed by atoms with Gasteiger partial charge < -0.3 is 14.8 Å². The number of piperidine rings is 1. The fraction of sp³-hybridized carbons (Fsp3) is 0.562. The van der Waals surface area contributed by atoms with E-state index in [1.54, 1.807) is 14.2 Å². The summed E-state index contributed by atoms with van der Waals surface area (Å²) in [6.07, 6.45) is 3.21. The first-order valence-corrected chi connectivity index (χ1v) is 8.07. The van der Waals surface area contributed by atoms with Gasteiger partial charge in [-0.3, -0.25) is 4.79 Å². The van der Waals surface area contributed by atoms with Gasteiger partial charge in [-0.25, -0.2) is 0 Å². The molecule has 1 aromatic carbocycles. The van der Waals surface area contributed by atoms with E-state index in [1.165, 1.54) is 0 Å². The first-order valence-electron chi connectivity index (χ1n) is 7.28. The van der Waals surface area contributed by atoms with Crippen molar-refractivity contribution in [3.05, 3.63) is 22.2 Å². The third-order valence-electron chi connectivity index (χ3n) is 4.86. The van der Waals surface area contributed by atoms with Gasteiger partial charge in [-0.2, -0.15) is 0 Å². The van der Waals surface area contributed by atoms with Crippen LogP contribution in [0.3, 0.4) is 0 Å². The maximum atomic E-state index is 12.8. The van der Waals surface area contributed by atoms with Crippen molar-refractivity contribution in [2.75, 3.05) is 27.3 Å². The summed E-state index contributed by atoms with van der Waals surface area (Å²) in [5.74, 6) is 1.61. The largest absolute Gasteiger partial charge is 0.495 e. The molecule has 1 aliphatic heterocycles. The first-order chi connectivity index (χ1) is 10.1. The van der Waals surface area contributed by atoms with E-state index in [0.717, 1.165) is 32.4 Å². The number of ether oxygens (including phenoxy) is 2. The molecule has 0 radical (unpaired) electrons. The minimum Gasteiger partial charge on any atom is -0.495 e. The predicted molar refractivity (Wildman–Crippen MR) is 84.2 cm³/mol. The second kappa shape index (κ2) is 5.61. The van der Waals surface area contributed by atoms with Crippen LogP contribution >= 0.6 is 15.9 Å². The van der Waals surface area contributed by atoms with Crippen molar-refractivity contribution >= 4 is 21.7 Å². The fourth-order valence-electron chi connectivity index (χ4n) is 3.47. The quantitative estimate of drug-likeness (QED) is 0.845. The van der Waals surface area contributed by atoms with Crippen LogP contribution < -0.4 is 14.8 Å². The average molecular weight is 354 g/mol. The monoisotopic (exact) mass is 353 g/mol. The number of ketones is 1. The molecular weight excluding hydrogens is 334 g/mol. The molecule has 1 unspecified atom stereocenters. The first kappa shape index (κ1) is 14.9. The van der Waals surface area contributed by atoms with Gasteiger partial charge >= 0.3 is 0 Å². The zero-order chi connectivity index (χ0) is 15.0. The number of carbonyl (C=O) groups excluding carboxylic acids is 1. The smallest absolute Gasteiger partial charge is 0.170 e. The lowest BCUT2D eigenvalue weighted by atomic mass is 9.89. The maximum Gasteiger partial charge on any atom is 0.170 e. The second-order valence-corrected chi connectivity index (χ2v) is 6.69. The van der Waals surface area contributed by atoms with E-state index in [1.807, 2.05) is 12.1 Å². The van der Waals surface area contributed by atoms with Gasteiger partial charge in [-0.15, -0.1) is 0 Å². The third kappa shape index (κ3) is 2.46. The van der Waals surface area contributed by atoms with Crippen LogP contribution in [0.5, 0.6) is 11.5 Å². The molecule has 1 saturated carbocycles. The molecule has 1 N–H and O–H groups in total. The molecule has 0 aromatic heterocycles. The summed E-state index contributed by atoms with van der Waals surface area (Å²) < 4.78 is 11.4. The molecule has 5 heteroatoms. The number of hydrogen-bond donors (Lipinski definition) is 1. The third-order valence-corrected chi connectivity index (χ3v) is 5.61. The summed E-state index contributed by atoms with van der Waals surface area (Å²) >= 11 is 3.47. The number of nitrogens with one attached hydrogen (secondary N) is 1. The second-order valence-electron chi connectivity index (χ2n) is 5.90. The van der Waals surface area contributed by atoms with Crippen molar-refractivity contribution in [1.29, 1.82) is 0 Å². The van der Waals surface area contributed by atoms with Crippen LogP contribution in [0, 0.1) is 11.3 Å². The highest BCUT2D eigenvalue weighted by Gasteiger charge is 2.57. The average Bonchev–Trinajstić information content (AvgIpc) is 3.20. The number of carbonyl (C=O) groups is 1. The van der Waals surface area contributed by atoms with Crippen molar-refractivity contribution in [1.82, 2.24) is 5.32 Å². The molecular formula is C16H20BrNO3. The highest BCUT2D eigenvalue weighted by atomic mass is 79.9. The van der Waals surface area contributed by atoms with Crippen LogP contribution in [0.4, 0.5) is 0 Å². The van der Waals surface area contributed by atoms with Gasteiger partial charge in [0.1, 0.15) is 16.0 Å². The Morgan fingerprint density at radius 1 is 1.29 bits per heavy atom. The predicted octanol–water partition coefficient (Wildman–Crippen LogP) is 3.04. The molecule has 0 bridgehead atoms. The van der Waals surface area contributed by atoms with Crippen LogP contribution in [-0.2, 0) is 0 Å². The Morgan fingerprint density at radius 3 is 2.62 bits per heavy atom. The topological polar surface area (TPSA) is 47.6 Å². The van der Waals surface area contributed by atoms with E-state index >= 15 is 0 Å². The van der Waals surface area contributed by atoms with Gasteiger partial charge in [-0.05, 0) is 65.8 Å². The molecule has 114 valence electrons. The summed E-state index contributed by atoms with van der Waals surface area (Å²) in [7, 11) is 3.19. The molecule has 1 saturated heterocycles. The summed E-state index contributed by atoms with van der Waals surface area (Å²) in [5, 5.41) is 3.37. The van der Waals surface area contributed by atoms with Gasteiger partial charge in [0.15, 0.2) is 5.78 Å². The standard InChI is InChI=1S/C16H20BrNO3/c1-20-12-4-3-10(15(21-2)13(12)17)14(19)11-9-16(11)5-7-18-8-6-16/h3-4,11,18H,5-9H2,1-2H3. The van der Waals surface area contributed by atoms with E-state index in [-0.39, 0.29) is 17.1 Å². The van der Waals surface area contributed by atoms with Crippen molar-refractivity contribution in [2.24, 2.45) is 11.3 Å². The Kier molecular flexibility index (Phi) is 3.97. The van der Waals surface area contributed by atoms with Crippen molar-refractivity contribution in [3.8, 4) is 11.5 Å². The number of benzene rings is 1. The Balaban J connectivity index is 1.87. The van der Waals surface area contributed by atoms with E-state index in [0.29, 0.717) is 21.5 Å². The molecule has 3 rings (SSSR count). The molecule has 1 atom stereocenters. The van der Waals surface area contributed by atoms with Crippen LogP contribution in [0.1, 0.15) is 29.6 Å². The van der Waals surface area contributed by atoms with Crippen molar-refractivity contribution < 1.29 is 14.3 Å². The van der Waals surface area contributed by atoms with Crippen LogP contribution in [0.2, 0.25) is 0 Å². The molecule has 1 spiro atoms. The highest BCUT2D eigenvalue weighted by molar-refractivity contribution is 9.10. The molecule has 1 aliphatic carbocycles. The minimum absolute atomic E-state index is 0.147. The number of Topliss-reactive ketones (excluding diaryl/α,β-unsaturated/α-hetero) is 1. The Labute approximate surface area is 133 Å². The summed E-state index contributed by atoms with van der Waals surface area (Å²) in [6.45, 7) is 2.04. The lowest BCUT2D eigenvalue weighted by Crippen LogP contribution is -2.30. The molecule has 1 heterocycles. The van der Waals surface area contributed by atoms with E-state index < -0.39 is 0 Å². The maximum absolute atomic E-state index is 12.8. The van der Waals surface area contributed by atoms with Crippen LogP contribution in [-0.4, -0.2) is 33.1 Å². The Bertz CT molecular complexity index is 567. The summed E-state index contributed by atoms with van der Waals surface area (Å²) in [4.78, 5) is 12.8. The molecule has 2 aliphatic rings. The van der Waals surface area contributed by atoms with Gasteiger partial charge in [0.05, 0.1) is 19.8 Å². The van der Waals surface area contributed by atoms with E-state index in [4.69, 9.17) is 9.47 Å². The number of halogens is 1. The van der Waals surface area contributed by atoms with E-state index in [2.05, 4.69) is 21.2 Å². The lowest BCUT2D eigenvalue weighted by molar-refractivity contribution is 0.0937. The number of rotatable bonds is 4. The van der Waals surface area contributed by atoms with E-state index in [9.17, 15) is 4.79 Å². The Hall–Kier alpha value is -1.07. The minimum atomic E-state index is 0.147. The lowest BCUT2D eigenvalue weighted by Gasteiger charge is -2.23. The number of hydrogen-bond acceptors (Lipinski definition) is 4. The van der Waals surface area contributed by atoms with Gasteiger partial charge in [0.2, 0.25) is 0 Å². The van der Waals surface area contributed by atoms with Crippen LogP contribution in [0.15, 0.2) is 16.6 Å². The zero-order valence-corrected chi connectivity index (χ0v) is 14.0. The van der Waals surface area contributed by atoms with Gasteiger partial charge in [0, 0.05) is 5.92 Å². The SMILES string of the molecule is COc1ccc(C(=O)C2CC23CCNCC3)c(OC)c1Br. The summed E-state index contributed by atoms with van der Waals surface area (Å²) in [5.41, 5.74) is 0.894. The fourth-order valence-corrected chi connectivity index (χ4v) is 4.14. The molecule has 4 nitrogen and oxygen atoms in total. The zero-order valence-electron chi connectivity index (χ0n) is 12.4. The highest BCUT2D eigenvalue weighted by Crippen LogP contribution is 2.60. The van der Waals surface area contributed by atoms with Crippen molar-refractivity contribution in [2.45, 2.75) is 19.3 Å². The van der Waals surface area contributed by atoms with Crippen molar-refractivity contribution in [3.63, 3.8) is 0 Å². The Morgan fingerprint density at radius 2 is 2.00 bits per heavy atom. The normalized spacial score (nSPS) is 22.9. The molecule has 21 heavy (non-hydrogen) atoms. The molecule has 2 fully saturated rings. The summed E-state index contributed by atoms with van der Waals surface area (Å²) in [6, 6.07) is 3.63. The number of methoxy groups -OCH3 is 2. The molecule has 1 aromatic rings.